The number of rotatable bonds is 5. The van der Waals surface area contributed by atoms with E-state index < -0.39 is 0 Å². The molecule has 0 aromatic carbocycles. The van der Waals surface area contributed by atoms with Crippen LogP contribution in [0.5, 0.6) is 0 Å². The molecule has 90 valence electrons. The van der Waals surface area contributed by atoms with Gasteiger partial charge < -0.3 is 15.8 Å². The van der Waals surface area contributed by atoms with Gasteiger partial charge in [0.1, 0.15) is 0 Å². The quantitative estimate of drug-likeness (QED) is 0.825. The molecule has 0 radical (unpaired) electrons. The maximum Gasteiger partial charge on any atom is 0.0700 e. The third-order valence-corrected chi connectivity index (χ3v) is 4.07. The number of hydrogen-bond acceptors (Lipinski definition) is 4. The second-order valence-electron chi connectivity index (χ2n) is 4.28. The van der Waals surface area contributed by atoms with Crippen molar-refractivity contribution in [2.75, 3.05) is 19.7 Å². The van der Waals surface area contributed by atoms with Gasteiger partial charge in [0, 0.05) is 29.5 Å². The summed E-state index contributed by atoms with van der Waals surface area (Å²) in [5, 5.41) is 3.50. The van der Waals surface area contributed by atoms with Crippen LogP contribution in [-0.4, -0.2) is 25.8 Å². The largest absolute Gasteiger partial charge is 0.377 e. The van der Waals surface area contributed by atoms with E-state index in [0.717, 1.165) is 13.2 Å². The fourth-order valence-corrected chi connectivity index (χ4v) is 2.99. The number of thiophene rings is 1. The molecule has 2 atom stereocenters. The van der Waals surface area contributed by atoms with Gasteiger partial charge in [0.05, 0.1) is 12.1 Å². The molecular formula is C12H20N2OS. The molecule has 16 heavy (non-hydrogen) atoms. The summed E-state index contributed by atoms with van der Waals surface area (Å²) < 4.78 is 5.59. The van der Waals surface area contributed by atoms with Gasteiger partial charge >= 0.3 is 0 Å². The second-order valence-corrected chi connectivity index (χ2v) is 5.60. The van der Waals surface area contributed by atoms with Crippen LogP contribution in [0.25, 0.3) is 0 Å². The topological polar surface area (TPSA) is 47.3 Å². The van der Waals surface area contributed by atoms with Crippen molar-refractivity contribution in [1.29, 1.82) is 0 Å². The molecule has 4 heteroatoms. The van der Waals surface area contributed by atoms with Crippen molar-refractivity contribution in [3.63, 3.8) is 0 Å². The zero-order valence-corrected chi connectivity index (χ0v) is 10.6. The van der Waals surface area contributed by atoms with Crippen LogP contribution in [0.2, 0.25) is 0 Å². The average molecular weight is 240 g/mol. The molecule has 2 rings (SSSR count). The van der Waals surface area contributed by atoms with Gasteiger partial charge in [-0.25, -0.2) is 0 Å². The van der Waals surface area contributed by atoms with Crippen molar-refractivity contribution in [1.82, 2.24) is 5.32 Å². The van der Waals surface area contributed by atoms with E-state index in [-0.39, 0.29) is 6.04 Å². The molecule has 1 fully saturated rings. The van der Waals surface area contributed by atoms with Crippen LogP contribution in [-0.2, 0) is 4.74 Å². The first-order valence-electron chi connectivity index (χ1n) is 5.91. The molecule has 3 nitrogen and oxygen atoms in total. The molecule has 1 saturated heterocycles. The summed E-state index contributed by atoms with van der Waals surface area (Å²) in [6.07, 6.45) is 2.75. The smallest absolute Gasteiger partial charge is 0.0700 e. The van der Waals surface area contributed by atoms with Crippen LogP contribution < -0.4 is 11.1 Å². The van der Waals surface area contributed by atoms with Gasteiger partial charge in [-0.1, -0.05) is 0 Å². The predicted molar refractivity (Wildman–Crippen MR) is 67.8 cm³/mol. The maximum absolute atomic E-state index is 5.80. The summed E-state index contributed by atoms with van der Waals surface area (Å²) in [6, 6.07) is 4.60. The monoisotopic (exact) mass is 240 g/mol. The lowest BCUT2D eigenvalue weighted by atomic mass is 10.2. The molecule has 2 unspecified atom stereocenters. The zero-order valence-electron chi connectivity index (χ0n) is 9.74. The molecule has 0 bridgehead atoms. The minimum Gasteiger partial charge on any atom is -0.377 e. The van der Waals surface area contributed by atoms with E-state index in [0.29, 0.717) is 12.6 Å². The van der Waals surface area contributed by atoms with Gasteiger partial charge in [-0.05, 0) is 31.9 Å². The summed E-state index contributed by atoms with van der Waals surface area (Å²) >= 11 is 1.82. The lowest BCUT2D eigenvalue weighted by Crippen LogP contribution is -2.33. The van der Waals surface area contributed by atoms with Gasteiger partial charge in [-0.15, -0.1) is 11.3 Å². The SMILES string of the molecule is Cc1ccc(C(CN)NCC2CCCO2)s1. The predicted octanol–water partition coefficient (Wildman–Crippen LogP) is 1.82. The Morgan fingerprint density at radius 2 is 2.50 bits per heavy atom. The highest BCUT2D eigenvalue weighted by Gasteiger charge is 2.18. The summed E-state index contributed by atoms with van der Waals surface area (Å²) in [5.41, 5.74) is 5.80. The normalized spacial score (nSPS) is 22.5. The van der Waals surface area contributed by atoms with E-state index in [4.69, 9.17) is 10.5 Å². The van der Waals surface area contributed by atoms with Crippen molar-refractivity contribution in [3.05, 3.63) is 21.9 Å². The molecule has 2 heterocycles. The highest BCUT2D eigenvalue weighted by atomic mass is 32.1. The first-order chi connectivity index (χ1) is 7.79. The summed E-state index contributed by atoms with van der Waals surface area (Å²) in [6.45, 7) is 4.60. The Hall–Kier alpha value is -0.420. The fourth-order valence-electron chi connectivity index (χ4n) is 2.02. The van der Waals surface area contributed by atoms with Gasteiger partial charge in [0.2, 0.25) is 0 Å². The Kier molecular flexibility index (Phi) is 4.35. The zero-order chi connectivity index (χ0) is 11.4. The molecule has 1 aliphatic rings. The molecular weight excluding hydrogens is 220 g/mol. The summed E-state index contributed by atoms with van der Waals surface area (Å²) in [5.74, 6) is 0. The van der Waals surface area contributed by atoms with E-state index >= 15 is 0 Å². The number of aryl methyl sites for hydroxylation is 1. The maximum atomic E-state index is 5.80. The molecule has 0 spiro atoms. The number of nitrogens with one attached hydrogen (secondary N) is 1. The molecule has 0 saturated carbocycles. The summed E-state index contributed by atoms with van der Waals surface area (Å²) in [7, 11) is 0. The van der Waals surface area contributed by atoms with Crippen LogP contribution in [0.15, 0.2) is 12.1 Å². The molecule has 0 amide bonds. The second kappa shape index (κ2) is 5.77. The van der Waals surface area contributed by atoms with Crippen LogP contribution in [0, 0.1) is 6.92 Å². The first kappa shape index (κ1) is 12.0. The number of ether oxygens (including phenoxy) is 1. The van der Waals surface area contributed by atoms with Crippen LogP contribution >= 0.6 is 11.3 Å². The van der Waals surface area contributed by atoms with Gasteiger partial charge in [0.15, 0.2) is 0 Å². The standard InChI is InChI=1S/C12H20N2OS/c1-9-4-5-12(16-9)11(7-13)14-8-10-3-2-6-15-10/h4-5,10-11,14H,2-3,6-8,13H2,1H3. The van der Waals surface area contributed by atoms with E-state index in [1.807, 2.05) is 11.3 Å². The average Bonchev–Trinajstić information content (AvgIpc) is 2.91. The van der Waals surface area contributed by atoms with Crippen molar-refractivity contribution in [2.24, 2.45) is 5.73 Å². The number of nitrogens with two attached hydrogens (primary N) is 1. The minimum atomic E-state index is 0.280. The van der Waals surface area contributed by atoms with Crippen molar-refractivity contribution >= 4 is 11.3 Å². The highest BCUT2D eigenvalue weighted by molar-refractivity contribution is 7.12. The Morgan fingerprint density at radius 3 is 3.06 bits per heavy atom. The van der Waals surface area contributed by atoms with E-state index in [1.165, 1.54) is 22.6 Å². The highest BCUT2D eigenvalue weighted by Crippen LogP contribution is 2.22. The Labute approximate surface area is 101 Å². The molecule has 1 aromatic rings. The third-order valence-electron chi connectivity index (χ3n) is 2.96. The van der Waals surface area contributed by atoms with Crippen molar-refractivity contribution < 1.29 is 4.74 Å². The lowest BCUT2D eigenvalue weighted by molar-refractivity contribution is 0.108. The van der Waals surface area contributed by atoms with Crippen LogP contribution in [0.1, 0.15) is 28.6 Å². The van der Waals surface area contributed by atoms with E-state index in [2.05, 4.69) is 24.4 Å². The fraction of sp³-hybridized carbons (Fsp3) is 0.667. The van der Waals surface area contributed by atoms with Gasteiger partial charge in [0.25, 0.3) is 0 Å². The Morgan fingerprint density at radius 1 is 1.62 bits per heavy atom. The van der Waals surface area contributed by atoms with Crippen molar-refractivity contribution in [3.8, 4) is 0 Å². The number of hydrogen-bond donors (Lipinski definition) is 2. The van der Waals surface area contributed by atoms with Gasteiger partial charge in [-0.3, -0.25) is 0 Å². The molecule has 1 aromatic heterocycles. The van der Waals surface area contributed by atoms with E-state index in [9.17, 15) is 0 Å². The molecule has 0 aliphatic carbocycles. The van der Waals surface area contributed by atoms with E-state index in [1.54, 1.807) is 0 Å². The van der Waals surface area contributed by atoms with Crippen LogP contribution in [0.4, 0.5) is 0 Å². The first-order valence-corrected chi connectivity index (χ1v) is 6.72. The van der Waals surface area contributed by atoms with Gasteiger partial charge in [-0.2, -0.15) is 0 Å². The Balaban J connectivity index is 1.85. The summed E-state index contributed by atoms with van der Waals surface area (Å²) in [4.78, 5) is 2.67. The molecule has 1 aliphatic heterocycles. The van der Waals surface area contributed by atoms with Crippen LogP contribution in [0.3, 0.4) is 0 Å². The van der Waals surface area contributed by atoms with Crippen molar-refractivity contribution in [2.45, 2.75) is 31.9 Å². The lowest BCUT2D eigenvalue weighted by Gasteiger charge is -2.18. The Bertz CT molecular complexity index is 321. The molecule has 3 N–H and O–H groups in total. The minimum absolute atomic E-state index is 0.280. The third kappa shape index (κ3) is 3.04.